The number of carbonyl (C=O) groups excluding carboxylic acids is 3. The first-order valence-corrected chi connectivity index (χ1v) is 6.89. The Morgan fingerprint density at radius 3 is 2.64 bits per heavy atom. The third kappa shape index (κ3) is 3.43. The first-order valence-electron chi connectivity index (χ1n) is 6.89. The van der Waals surface area contributed by atoms with Crippen molar-refractivity contribution in [3.8, 4) is 0 Å². The highest BCUT2D eigenvalue weighted by Gasteiger charge is 2.42. The van der Waals surface area contributed by atoms with Crippen LogP contribution in [0.3, 0.4) is 0 Å². The van der Waals surface area contributed by atoms with E-state index >= 15 is 0 Å². The van der Waals surface area contributed by atoms with Gasteiger partial charge in [0.15, 0.2) is 0 Å². The van der Waals surface area contributed by atoms with Crippen LogP contribution in [0.4, 0.5) is 4.79 Å². The highest BCUT2D eigenvalue weighted by molar-refractivity contribution is 6.00. The number of carbonyl (C=O) groups is 3. The van der Waals surface area contributed by atoms with E-state index < -0.39 is 23.9 Å². The second-order valence-electron chi connectivity index (χ2n) is 4.88. The summed E-state index contributed by atoms with van der Waals surface area (Å²) >= 11 is 0. The average Bonchev–Trinajstić information content (AvgIpc) is 2.93. The van der Waals surface area contributed by atoms with Gasteiger partial charge in [0.05, 0.1) is 7.11 Å². The average molecular weight is 306 g/mol. The number of hydrogen-bond acceptors (Lipinski definition) is 5. The number of hydroxylamine groups is 2. The molecule has 1 atom stereocenters. The van der Waals surface area contributed by atoms with Crippen molar-refractivity contribution in [2.45, 2.75) is 25.5 Å². The van der Waals surface area contributed by atoms with E-state index in [2.05, 4.69) is 0 Å². The fourth-order valence-corrected chi connectivity index (χ4v) is 2.24. The molecule has 1 aliphatic rings. The quantitative estimate of drug-likeness (QED) is 0.785. The third-order valence-electron chi connectivity index (χ3n) is 3.48. The van der Waals surface area contributed by atoms with Crippen molar-refractivity contribution >= 4 is 17.9 Å². The van der Waals surface area contributed by atoms with Crippen molar-refractivity contribution in [1.82, 2.24) is 9.96 Å². The molecule has 7 heteroatoms. The number of hydrogen-bond donors (Lipinski definition) is 0. The van der Waals surface area contributed by atoms with Crippen molar-refractivity contribution in [2.75, 3.05) is 14.2 Å². The molecule has 7 nitrogen and oxygen atoms in total. The summed E-state index contributed by atoms with van der Waals surface area (Å²) in [5, 5.41) is 1.00. The SMILES string of the molecule is CON(C)C(=O)[C@H]1CCC(=O)N1C(=O)OCc1ccccc1. The lowest BCUT2D eigenvalue weighted by atomic mass is 10.2. The second-order valence-corrected chi connectivity index (χ2v) is 4.88. The summed E-state index contributed by atoms with van der Waals surface area (Å²) < 4.78 is 5.13. The van der Waals surface area contributed by atoms with Gasteiger partial charge in [-0.3, -0.25) is 14.4 Å². The summed E-state index contributed by atoms with van der Waals surface area (Å²) in [4.78, 5) is 41.8. The van der Waals surface area contributed by atoms with Gasteiger partial charge in [-0.1, -0.05) is 30.3 Å². The van der Waals surface area contributed by atoms with Crippen molar-refractivity contribution in [3.05, 3.63) is 35.9 Å². The molecule has 118 valence electrons. The minimum absolute atomic E-state index is 0.0461. The van der Waals surface area contributed by atoms with Crippen LogP contribution in [0.15, 0.2) is 30.3 Å². The van der Waals surface area contributed by atoms with E-state index in [4.69, 9.17) is 9.57 Å². The minimum atomic E-state index is -0.874. The number of nitrogens with zero attached hydrogens (tertiary/aromatic N) is 2. The fourth-order valence-electron chi connectivity index (χ4n) is 2.24. The van der Waals surface area contributed by atoms with Gasteiger partial charge in [0.25, 0.3) is 5.91 Å². The Kier molecular flexibility index (Phi) is 5.11. The zero-order valence-corrected chi connectivity index (χ0v) is 12.5. The van der Waals surface area contributed by atoms with Crippen molar-refractivity contribution in [2.24, 2.45) is 0 Å². The van der Waals surface area contributed by atoms with E-state index in [1.807, 2.05) is 18.2 Å². The molecule has 1 fully saturated rings. The maximum atomic E-state index is 12.1. The van der Waals surface area contributed by atoms with Gasteiger partial charge in [0.2, 0.25) is 5.91 Å². The van der Waals surface area contributed by atoms with Crippen molar-refractivity contribution in [1.29, 1.82) is 0 Å². The minimum Gasteiger partial charge on any atom is -0.444 e. The largest absolute Gasteiger partial charge is 0.444 e. The van der Waals surface area contributed by atoms with E-state index in [1.165, 1.54) is 14.2 Å². The van der Waals surface area contributed by atoms with E-state index in [9.17, 15) is 14.4 Å². The lowest BCUT2D eigenvalue weighted by Crippen LogP contribution is -2.48. The fraction of sp³-hybridized carbons (Fsp3) is 0.400. The number of ether oxygens (including phenoxy) is 1. The van der Waals surface area contributed by atoms with Gasteiger partial charge in [0, 0.05) is 13.5 Å². The Morgan fingerprint density at radius 1 is 1.32 bits per heavy atom. The molecule has 0 unspecified atom stereocenters. The molecule has 0 aromatic heterocycles. The van der Waals surface area contributed by atoms with Gasteiger partial charge in [-0.05, 0) is 12.0 Å². The van der Waals surface area contributed by atoms with E-state index in [1.54, 1.807) is 12.1 Å². The summed E-state index contributed by atoms with van der Waals surface area (Å²) in [5.74, 6) is -0.870. The molecular formula is C15H18N2O5. The predicted molar refractivity (Wildman–Crippen MR) is 76.3 cm³/mol. The van der Waals surface area contributed by atoms with E-state index in [-0.39, 0.29) is 19.4 Å². The summed E-state index contributed by atoms with van der Waals surface area (Å²) in [5.41, 5.74) is 0.805. The molecule has 3 amide bonds. The van der Waals surface area contributed by atoms with Crippen LogP contribution in [0.25, 0.3) is 0 Å². The zero-order chi connectivity index (χ0) is 16.1. The standard InChI is InChI=1S/C15H18N2O5/c1-16(21-2)14(19)12-8-9-13(18)17(12)15(20)22-10-11-6-4-3-5-7-11/h3-7,12H,8-10H2,1-2H3/t12-/m1/s1. The number of likely N-dealkylation sites (N-methyl/N-ethyl adjacent to an activating group) is 1. The summed E-state index contributed by atoms with van der Waals surface area (Å²) in [6.45, 7) is 0.0461. The van der Waals surface area contributed by atoms with Crippen molar-refractivity contribution < 1.29 is 24.0 Å². The Labute approximate surface area is 128 Å². The van der Waals surface area contributed by atoms with Crippen LogP contribution in [0.5, 0.6) is 0 Å². The molecule has 1 heterocycles. The molecular weight excluding hydrogens is 288 g/mol. The first kappa shape index (κ1) is 16.0. The van der Waals surface area contributed by atoms with Gasteiger partial charge in [0.1, 0.15) is 12.6 Å². The Balaban J connectivity index is 2.02. The van der Waals surface area contributed by atoms with Crippen LogP contribution in [0.1, 0.15) is 18.4 Å². The molecule has 0 radical (unpaired) electrons. The molecule has 0 spiro atoms. The molecule has 22 heavy (non-hydrogen) atoms. The Hall–Kier alpha value is -2.41. The molecule has 1 aromatic rings. The summed E-state index contributed by atoms with van der Waals surface area (Å²) in [7, 11) is 2.77. The maximum absolute atomic E-state index is 12.1. The monoisotopic (exact) mass is 306 g/mol. The summed E-state index contributed by atoms with van der Waals surface area (Å²) in [6.07, 6.45) is -0.408. The van der Waals surface area contributed by atoms with Crippen LogP contribution in [0, 0.1) is 0 Å². The molecule has 0 aliphatic carbocycles. The second kappa shape index (κ2) is 7.04. The number of imide groups is 1. The van der Waals surface area contributed by atoms with Gasteiger partial charge in [-0.15, -0.1) is 0 Å². The van der Waals surface area contributed by atoms with Gasteiger partial charge in [-0.25, -0.2) is 14.8 Å². The molecule has 1 saturated heterocycles. The summed E-state index contributed by atoms with van der Waals surface area (Å²) in [6, 6.07) is 8.24. The van der Waals surface area contributed by atoms with E-state index in [0.717, 1.165) is 15.5 Å². The number of amides is 3. The maximum Gasteiger partial charge on any atom is 0.417 e. The van der Waals surface area contributed by atoms with Crippen LogP contribution >= 0.6 is 0 Å². The topological polar surface area (TPSA) is 76.2 Å². The molecule has 2 rings (SSSR count). The molecule has 0 saturated carbocycles. The normalized spacial score (nSPS) is 17.5. The Morgan fingerprint density at radius 2 is 2.00 bits per heavy atom. The molecule has 0 bridgehead atoms. The van der Waals surface area contributed by atoms with Crippen LogP contribution < -0.4 is 0 Å². The lowest BCUT2D eigenvalue weighted by molar-refractivity contribution is -0.173. The number of benzene rings is 1. The van der Waals surface area contributed by atoms with Crippen LogP contribution in [-0.4, -0.2) is 48.1 Å². The van der Waals surface area contributed by atoms with E-state index in [0.29, 0.717) is 0 Å². The highest BCUT2D eigenvalue weighted by Crippen LogP contribution is 2.22. The number of likely N-dealkylation sites (tertiary alicyclic amines) is 1. The predicted octanol–water partition coefficient (Wildman–Crippen LogP) is 1.33. The van der Waals surface area contributed by atoms with Gasteiger partial charge >= 0.3 is 6.09 Å². The zero-order valence-electron chi connectivity index (χ0n) is 12.5. The molecule has 0 N–H and O–H groups in total. The smallest absolute Gasteiger partial charge is 0.417 e. The third-order valence-corrected chi connectivity index (χ3v) is 3.48. The lowest BCUT2D eigenvalue weighted by Gasteiger charge is -2.24. The van der Waals surface area contributed by atoms with Gasteiger partial charge < -0.3 is 4.74 Å². The highest BCUT2D eigenvalue weighted by atomic mass is 16.7. The van der Waals surface area contributed by atoms with Gasteiger partial charge in [-0.2, -0.15) is 0 Å². The molecule has 1 aromatic carbocycles. The van der Waals surface area contributed by atoms with Crippen molar-refractivity contribution in [3.63, 3.8) is 0 Å². The van der Waals surface area contributed by atoms with Crippen LogP contribution in [0.2, 0.25) is 0 Å². The first-order chi connectivity index (χ1) is 10.5. The molecule has 1 aliphatic heterocycles. The number of rotatable bonds is 4. The Bertz CT molecular complexity index is 560. The van der Waals surface area contributed by atoms with Crippen LogP contribution in [-0.2, 0) is 25.8 Å².